The summed E-state index contributed by atoms with van der Waals surface area (Å²) in [6, 6.07) is 9.13. The van der Waals surface area contributed by atoms with Crippen molar-refractivity contribution in [2.75, 3.05) is 0 Å². The monoisotopic (exact) mass is 404 g/mol. The van der Waals surface area contributed by atoms with Gasteiger partial charge in [0.2, 0.25) is 5.91 Å². The summed E-state index contributed by atoms with van der Waals surface area (Å²) in [6.45, 7) is 16.2. The van der Waals surface area contributed by atoms with Gasteiger partial charge in [-0.2, -0.15) is 0 Å². The number of allylic oxidation sites excluding steroid dienone is 2. The van der Waals surface area contributed by atoms with E-state index in [1.807, 2.05) is 64.1 Å². The number of rotatable bonds is 10. The Balaban J connectivity index is 3.02. The summed E-state index contributed by atoms with van der Waals surface area (Å²) < 4.78 is 15.4. The van der Waals surface area contributed by atoms with Gasteiger partial charge in [-0.25, -0.2) is 0 Å². The van der Waals surface area contributed by atoms with Crippen LogP contribution in [0.3, 0.4) is 0 Å². The number of benzene rings is 1. The molecule has 1 aromatic carbocycles. The molecule has 0 spiro atoms. The molecule has 0 aliphatic rings. The Kier molecular flexibility index (Phi) is 9.48. The average molecular weight is 405 g/mol. The number of carbonyl (C=O) groups is 1. The van der Waals surface area contributed by atoms with Crippen LogP contribution in [0.15, 0.2) is 54.6 Å². The molecule has 0 aliphatic carbocycles. The Morgan fingerprint density at radius 3 is 2.32 bits per heavy atom. The molecule has 2 N–H and O–H groups in total. The molecule has 0 radical (unpaired) electrons. The summed E-state index contributed by atoms with van der Waals surface area (Å²) in [5.74, 6) is -0.166. The summed E-state index contributed by atoms with van der Waals surface area (Å²) in [5.41, 5.74) is 1.73. The molecule has 0 fully saturated rings. The lowest BCUT2D eigenvalue weighted by molar-refractivity contribution is -0.125. The van der Waals surface area contributed by atoms with E-state index in [0.29, 0.717) is 6.54 Å². The number of hydrogen-bond acceptors (Lipinski definition) is 3. The lowest BCUT2D eigenvalue weighted by atomic mass is 9.78. The standard InChI is InChI=1S/C23H36N2O2S/c1-8-23(7,16-12-13-18(2)3)20(25-28(27)22(4,5)6)21(26)24-17-19-14-10-9-11-15-19/h8-11,13-15,20,25H,1,12,16-17H2,2-7H3,(H,24,26)/t20-,23+,28?/m1/s1. The van der Waals surface area contributed by atoms with Crippen molar-refractivity contribution in [3.8, 4) is 0 Å². The largest absolute Gasteiger partial charge is 0.598 e. The number of hydrogen-bond donors (Lipinski definition) is 2. The minimum Gasteiger partial charge on any atom is -0.598 e. The van der Waals surface area contributed by atoms with Gasteiger partial charge in [0.25, 0.3) is 0 Å². The summed E-state index contributed by atoms with van der Waals surface area (Å²) in [6.07, 6.45) is 5.53. The summed E-state index contributed by atoms with van der Waals surface area (Å²) in [4.78, 5) is 13.1. The van der Waals surface area contributed by atoms with Crippen LogP contribution < -0.4 is 10.0 Å². The second kappa shape index (κ2) is 10.8. The molecule has 0 heterocycles. The maximum atomic E-state index is 13.1. The number of amides is 1. The molecule has 1 amide bonds. The highest BCUT2D eigenvalue weighted by Gasteiger charge is 2.41. The van der Waals surface area contributed by atoms with Crippen LogP contribution in [-0.4, -0.2) is 21.2 Å². The minimum absolute atomic E-state index is 0.166. The van der Waals surface area contributed by atoms with Gasteiger partial charge in [-0.3, -0.25) is 4.79 Å². The van der Waals surface area contributed by atoms with Gasteiger partial charge in [-0.15, -0.1) is 11.3 Å². The molecule has 0 aliphatic heterocycles. The lowest BCUT2D eigenvalue weighted by Crippen LogP contribution is -2.57. The van der Waals surface area contributed by atoms with Crippen molar-refractivity contribution in [3.63, 3.8) is 0 Å². The zero-order valence-electron chi connectivity index (χ0n) is 18.2. The van der Waals surface area contributed by atoms with Crippen molar-refractivity contribution in [1.29, 1.82) is 0 Å². The van der Waals surface area contributed by atoms with E-state index in [1.54, 1.807) is 0 Å². The van der Waals surface area contributed by atoms with E-state index in [4.69, 9.17) is 0 Å². The van der Waals surface area contributed by atoms with Crippen molar-refractivity contribution in [2.45, 2.75) is 71.7 Å². The molecule has 0 saturated carbocycles. The smallest absolute Gasteiger partial charge is 0.242 e. The van der Waals surface area contributed by atoms with Crippen LogP contribution in [-0.2, 0) is 22.7 Å². The molecule has 0 aromatic heterocycles. The third-order valence-corrected chi connectivity index (χ3v) is 6.28. The minimum atomic E-state index is -1.37. The van der Waals surface area contributed by atoms with E-state index in [1.165, 1.54) is 5.57 Å². The van der Waals surface area contributed by atoms with Crippen molar-refractivity contribution in [1.82, 2.24) is 10.0 Å². The van der Waals surface area contributed by atoms with E-state index in [0.717, 1.165) is 18.4 Å². The highest BCUT2D eigenvalue weighted by Crippen LogP contribution is 2.31. The van der Waals surface area contributed by atoms with Crippen molar-refractivity contribution < 1.29 is 9.35 Å². The summed E-state index contributed by atoms with van der Waals surface area (Å²) in [5, 5.41) is 3.00. The maximum Gasteiger partial charge on any atom is 0.242 e. The molecule has 5 heteroatoms. The Morgan fingerprint density at radius 1 is 1.21 bits per heavy atom. The van der Waals surface area contributed by atoms with Gasteiger partial charge in [-0.1, -0.05) is 55.0 Å². The van der Waals surface area contributed by atoms with E-state index >= 15 is 0 Å². The van der Waals surface area contributed by atoms with Gasteiger partial charge in [0.1, 0.15) is 10.8 Å². The van der Waals surface area contributed by atoms with Crippen LogP contribution in [0.2, 0.25) is 0 Å². The molecule has 4 nitrogen and oxygen atoms in total. The van der Waals surface area contributed by atoms with Crippen LogP contribution in [0.4, 0.5) is 0 Å². The van der Waals surface area contributed by atoms with E-state index in [2.05, 4.69) is 36.5 Å². The van der Waals surface area contributed by atoms with Gasteiger partial charge in [0.05, 0.1) is 0 Å². The van der Waals surface area contributed by atoms with E-state index < -0.39 is 27.6 Å². The van der Waals surface area contributed by atoms with Crippen LogP contribution in [0.5, 0.6) is 0 Å². The molecule has 0 bridgehead atoms. The predicted octanol–water partition coefficient (Wildman–Crippen LogP) is 4.66. The molecule has 28 heavy (non-hydrogen) atoms. The van der Waals surface area contributed by atoms with Gasteiger partial charge >= 0.3 is 0 Å². The first-order chi connectivity index (χ1) is 13.0. The van der Waals surface area contributed by atoms with Crippen molar-refractivity contribution >= 4 is 17.3 Å². The number of carbonyl (C=O) groups excluding carboxylic acids is 1. The van der Waals surface area contributed by atoms with Crippen LogP contribution >= 0.6 is 0 Å². The third-order valence-electron chi connectivity index (χ3n) is 4.71. The van der Waals surface area contributed by atoms with Gasteiger partial charge in [0.15, 0.2) is 0 Å². The fourth-order valence-electron chi connectivity index (χ4n) is 2.69. The van der Waals surface area contributed by atoms with Crippen LogP contribution in [0.1, 0.15) is 59.9 Å². The maximum absolute atomic E-state index is 13.1. The first-order valence-electron chi connectivity index (χ1n) is 9.76. The first kappa shape index (κ1) is 24.5. The lowest BCUT2D eigenvalue weighted by Gasteiger charge is -2.36. The Morgan fingerprint density at radius 2 is 1.82 bits per heavy atom. The summed E-state index contributed by atoms with van der Waals surface area (Å²) >= 11 is -1.37. The fraction of sp³-hybridized carbons (Fsp3) is 0.522. The Hall–Kier alpha value is -1.56. The van der Waals surface area contributed by atoms with Gasteiger partial charge < -0.3 is 9.87 Å². The van der Waals surface area contributed by atoms with Crippen molar-refractivity contribution in [3.05, 3.63) is 60.2 Å². The Bertz CT molecular complexity index is 663. The summed E-state index contributed by atoms with van der Waals surface area (Å²) in [7, 11) is 0. The SMILES string of the molecule is C=C[C@@](C)(CCC=C(C)C)[C@H](N[S+]([O-])C(C)(C)C)C(=O)NCc1ccccc1. The van der Waals surface area contributed by atoms with E-state index in [9.17, 15) is 9.35 Å². The van der Waals surface area contributed by atoms with Gasteiger partial charge in [0, 0.05) is 23.3 Å². The molecule has 1 aromatic rings. The second-order valence-electron chi connectivity index (χ2n) is 8.67. The Labute approximate surface area is 174 Å². The molecular weight excluding hydrogens is 368 g/mol. The average Bonchev–Trinajstić information content (AvgIpc) is 2.63. The normalized spacial score (nSPS) is 15.8. The molecule has 3 atom stereocenters. The fourth-order valence-corrected chi connectivity index (χ4v) is 3.64. The van der Waals surface area contributed by atoms with E-state index in [-0.39, 0.29) is 5.91 Å². The molecule has 0 saturated heterocycles. The topological polar surface area (TPSA) is 64.2 Å². The van der Waals surface area contributed by atoms with Gasteiger partial charge in [-0.05, 0) is 53.0 Å². The molecular formula is C23H36N2O2S. The highest BCUT2D eigenvalue weighted by molar-refractivity contribution is 7.90. The first-order valence-corrected chi connectivity index (χ1v) is 10.9. The highest BCUT2D eigenvalue weighted by atomic mass is 32.2. The van der Waals surface area contributed by atoms with Crippen LogP contribution in [0.25, 0.3) is 0 Å². The van der Waals surface area contributed by atoms with Crippen molar-refractivity contribution in [2.24, 2.45) is 5.41 Å². The van der Waals surface area contributed by atoms with Crippen LogP contribution in [0, 0.1) is 5.41 Å². The molecule has 156 valence electrons. The number of nitrogens with one attached hydrogen (secondary N) is 2. The zero-order valence-corrected chi connectivity index (χ0v) is 19.0. The zero-order chi connectivity index (χ0) is 21.4. The third kappa shape index (κ3) is 7.82. The predicted molar refractivity (Wildman–Crippen MR) is 120 cm³/mol. The second-order valence-corrected chi connectivity index (χ2v) is 10.7. The molecule has 1 unspecified atom stereocenters. The quantitative estimate of drug-likeness (QED) is 0.440. The molecule has 1 rings (SSSR count).